The van der Waals surface area contributed by atoms with Crippen molar-refractivity contribution >= 4 is 11.6 Å². The molecule has 1 nitrogen and oxygen atoms in total. The van der Waals surface area contributed by atoms with Crippen molar-refractivity contribution in [2.75, 3.05) is 13.1 Å². The SMILES string of the molecule is CCNCC1(c2c(F)cccc2Cl)CC1. The van der Waals surface area contributed by atoms with Gasteiger partial charge in [0.15, 0.2) is 0 Å². The van der Waals surface area contributed by atoms with Crippen molar-refractivity contribution in [2.45, 2.75) is 25.2 Å². The molecule has 3 heteroatoms. The van der Waals surface area contributed by atoms with Crippen molar-refractivity contribution in [3.8, 4) is 0 Å². The van der Waals surface area contributed by atoms with E-state index < -0.39 is 0 Å². The van der Waals surface area contributed by atoms with Crippen LogP contribution in [0.2, 0.25) is 5.02 Å². The Morgan fingerprint density at radius 1 is 1.47 bits per heavy atom. The lowest BCUT2D eigenvalue weighted by Crippen LogP contribution is -2.27. The molecule has 0 aromatic heterocycles. The van der Waals surface area contributed by atoms with Crippen LogP contribution in [-0.2, 0) is 5.41 Å². The van der Waals surface area contributed by atoms with Crippen LogP contribution < -0.4 is 5.32 Å². The molecule has 0 spiro atoms. The molecule has 0 unspecified atom stereocenters. The minimum atomic E-state index is -0.169. The number of halogens is 2. The minimum Gasteiger partial charge on any atom is -0.316 e. The van der Waals surface area contributed by atoms with E-state index in [0.717, 1.165) is 25.9 Å². The Labute approximate surface area is 94.6 Å². The smallest absolute Gasteiger partial charge is 0.128 e. The van der Waals surface area contributed by atoms with Crippen molar-refractivity contribution < 1.29 is 4.39 Å². The maximum absolute atomic E-state index is 13.7. The quantitative estimate of drug-likeness (QED) is 0.834. The summed E-state index contributed by atoms with van der Waals surface area (Å²) in [7, 11) is 0. The predicted octanol–water partition coefficient (Wildman–Crippen LogP) is 3.12. The molecule has 1 saturated carbocycles. The van der Waals surface area contributed by atoms with Gasteiger partial charge < -0.3 is 5.32 Å². The van der Waals surface area contributed by atoms with E-state index in [1.165, 1.54) is 6.07 Å². The van der Waals surface area contributed by atoms with Crippen LogP contribution in [0.15, 0.2) is 18.2 Å². The molecule has 0 atom stereocenters. The molecule has 2 rings (SSSR count). The van der Waals surface area contributed by atoms with Gasteiger partial charge in [-0.3, -0.25) is 0 Å². The van der Waals surface area contributed by atoms with E-state index in [0.29, 0.717) is 10.6 Å². The normalized spacial score (nSPS) is 17.8. The Morgan fingerprint density at radius 2 is 2.20 bits per heavy atom. The monoisotopic (exact) mass is 227 g/mol. The Kier molecular flexibility index (Phi) is 2.98. The molecule has 0 amide bonds. The first-order valence-electron chi connectivity index (χ1n) is 5.35. The molecule has 0 bridgehead atoms. The molecule has 0 heterocycles. The molecule has 1 aromatic carbocycles. The first-order valence-corrected chi connectivity index (χ1v) is 5.72. The van der Waals surface area contributed by atoms with Crippen LogP contribution in [0.3, 0.4) is 0 Å². The summed E-state index contributed by atoms with van der Waals surface area (Å²) in [6.45, 7) is 3.79. The maximum atomic E-state index is 13.7. The number of rotatable bonds is 4. The highest BCUT2D eigenvalue weighted by Gasteiger charge is 2.46. The lowest BCUT2D eigenvalue weighted by atomic mass is 9.95. The van der Waals surface area contributed by atoms with Crippen LogP contribution in [-0.4, -0.2) is 13.1 Å². The fourth-order valence-corrected chi connectivity index (χ4v) is 2.40. The van der Waals surface area contributed by atoms with E-state index in [1.54, 1.807) is 12.1 Å². The zero-order valence-electron chi connectivity index (χ0n) is 8.82. The highest BCUT2D eigenvalue weighted by Crippen LogP contribution is 2.50. The average Bonchev–Trinajstić information content (AvgIpc) is 2.96. The third-order valence-electron chi connectivity index (χ3n) is 3.06. The standard InChI is InChI=1S/C12H15ClFN/c1-2-15-8-12(6-7-12)11-9(13)4-3-5-10(11)14/h3-5,15H,2,6-8H2,1H3. The van der Waals surface area contributed by atoms with Crippen LogP contribution in [0, 0.1) is 5.82 Å². The Hall–Kier alpha value is -0.600. The van der Waals surface area contributed by atoms with Crippen LogP contribution in [0.1, 0.15) is 25.3 Å². The molecule has 82 valence electrons. The number of nitrogens with one attached hydrogen (secondary N) is 1. The molecule has 0 radical (unpaired) electrons. The van der Waals surface area contributed by atoms with Gasteiger partial charge in [0.25, 0.3) is 0 Å². The number of benzene rings is 1. The van der Waals surface area contributed by atoms with Gasteiger partial charge >= 0.3 is 0 Å². The molecule has 15 heavy (non-hydrogen) atoms. The van der Waals surface area contributed by atoms with Crippen LogP contribution in [0.4, 0.5) is 4.39 Å². The molecular weight excluding hydrogens is 213 g/mol. The van der Waals surface area contributed by atoms with Gasteiger partial charge in [-0.25, -0.2) is 4.39 Å². The first kappa shape index (κ1) is 10.9. The first-order chi connectivity index (χ1) is 7.19. The summed E-state index contributed by atoms with van der Waals surface area (Å²) >= 11 is 6.07. The third kappa shape index (κ3) is 2.01. The Morgan fingerprint density at radius 3 is 2.73 bits per heavy atom. The second-order valence-corrected chi connectivity index (χ2v) is 4.56. The summed E-state index contributed by atoms with van der Waals surface area (Å²) in [5.74, 6) is -0.169. The zero-order valence-corrected chi connectivity index (χ0v) is 9.57. The molecule has 0 saturated heterocycles. The lowest BCUT2D eigenvalue weighted by Gasteiger charge is -2.18. The summed E-state index contributed by atoms with van der Waals surface area (Å²) in [5, 5.41) is 3.84. The van der Waals surface area contributed by atoms with E-state index in [9.17, 15) is 4.39 Å². The molecular formula is C12H15ClFN. The van der Waals surface area contributed by atoms with E-state index in [4.69, 9.17) is 11.6 Å². The summed E-state index contributed by atoms with van der Waals surface area (Å²) in [4.78, 5) is 0. The topological polar surface area (TPSA) is 12.0 Å². The summed E-state index contributed by atoms with van der Waals surface area (Å²) < 4.78 is 13.7. The number of likely N-dealkylation sites (N-methyl/N-ethyl adjacent to an activating group) is 1. The van der Waals surface area contributed by atoms with Gasteiger partial charge in [-0.1, -0.05) is 24.6 Å². The number of hydrogen-bond donors (Lipinski definition) is 1. The van der Waals surface area contributed by atoms with Crippen molar-refractivity contribution in [3.05, 3.63) is 34.6 Å². The van der Waals surface area contributed by atoms with E-state index in [1.807, 2.05) is 0 Å². The van der Waals surface area contributed by atoms with Crippen LogP contribution >= 0.6 is 11.6 Å². The van der Waals surface area contributed by atoms with Crippen molar-refractivity contribution in [3.63, 3.8) is 0 Å². The van der Waals surface area contributed by atoms with Gasteiger partial charge in [0.05, 0.1) is 0 Å². The fourth-order valence-electron chi connectivity index (χ4n) is 2.03. The van der Waals surface area contributed by atoms with E-state index in [2.05, 4.69) is 12.2 Å². The van der Waals surface area contributed by atoms with Crippen LogP contribution in [0.25, 0.3) is 0 Å². The van der Waals surface area contributed by atoms with Crippen molar-refractivity contribution in [1.29, 1.82) is 0 Å². The molecule has 1 aliphatic carbocycles. The maximum Gasteiger partial charge on any atom is 0.128 e. The highest BCUT2D eigenvalue weighted by molar-refractivity contribution is 6.31. The largest absolute Gasteiger partial charge is 0.316 e. The molecule has 1 fully saturated rings. The third-order valence-corrected chi connectivity index (χ3v) is 3.38. The number of hydrogen-bond acceptors (Lipinski definition) is 1. The van der Waals surface area contributed by atoms with Crippen LogP contribution in [0.5, 0.6) is 0 Å². The zero-order chi connectivity index (χ0) is 10.9. The van der Waals surface area contributed by atoms with Gasteiger partial charge in [0, 0.05) is 22.5 Å². The van der Waals surface area contributed by atoms with Gasteiger partial charge in [0.1, 0.15) is 5.82 Å². The van der Waals surface area contributed by atoms with Gasteiger partial charge in [0.2, 0.25) is 0 Å². The molecule has 0 aliphatic heterocycles. The van der Waals surface area contributed by atoms with E-state index >= 15 is 0 Å². The second-order valence-electron chi connectivity index (χ2n) is 4.16. The van der Waals surface area contributed by atoms with Crippen molar-refractivity contribution in [1.82, 2.24) is 5.32 Å². The summed E-state index contributed by atoms with van der Waals surface area (Å²) in [6, 6.07) is 4.92. The summed E-state index contributed by atoms with van der Waals surface area (Å²) in [6.07, 6.45) is 2.06. The molecule has 1 aliphatic rings. The molecule has 1 N–H and O–H groups in total. The second kappa shape index (κ2) is 4.11. The minimum absolute atomic E-state index is 0.0432. The predicted molar refractivity (Wildman–Crippen MR) is 60.9 cm³/mol. The van der Waals surface area contributed by atoms with Gasteiger partial charge in [-0.2, -0.15) is 0 Å². The highest BCUT2D eigenvalue weighted by atomic mass is 35.5. The Balaban J connectivity index is 2.28. The average molecular weight is 228 g/mol. The lowest BCUT2D eigenvalue weighted by molar-refractivity contribution is 0.539. The van der Waals surface area contributed by atoms with Crippen molar-refractivity contribution in [2.24, 2.45) is 0 Å². The van der Waals surface area contributed by atoms with Gasteiger partial charge in [-0.05, 0) is 31.5 Å². The Bertz CT molecular complexity index is 340. The summed E-state index contributed by atoms with van der Waals surface area (Å²) in [5.41, 5.74) is 0.658. The molecule has 1 aromatic rings. The van der Waals surface area contributed by atoms with Gasteiger partial charge in [-0.15, -0.1) is 0 Å². The fraction of sp³-hybridized carbons (Fsp3) is 0.500. The van der Waals surface area contributed by atoms with E-state index in [-0.39, 0.29) is 11.2 Å².